The van der Waals surface area contributed by atoms with Crippen molar-refractivity contribution in [2.75, 3.05) is 33.3 Å². The van der Waals surface area contributed by atoms with Crippen LogP contribution in [0.5, 0.6) is 0 Å². The summed E-state index contributed by atoms with van der Waals surface area (Å²) < 4.78 is 4.70. The lowest BCUT2D eigenvalue weighted by Crippen LogP contribution is -2.70. The van der Waals surface area contributed by atoms with Crippen LogP contribution in [0.25, 0.3) is 11.0 Å². The summed E-state index contributed by atoms with van der Waals surface area (Å²) in [4.78, 5) is 70.6. The number of benzene rings is 1. The Morgan fingerprint density at radius 1 is 1.25 bits per heavy atom. The van der Waals surface area contributed by atoms with Gasteiger partial charge in [-0.05, 0) is 19.1 Å². The van der Waals surface area contributed by atoms with Gasteiger partial charge in [0.25, 0.3) is 5.91 Å². The van der Waals surface area contributed by atoms with Gasteiger partial charge in [0.1, 0.15) is 12.4 Å². The number of rotatable bonds is 7. The van der Waals surface area contributed by atoms with Gasteiger partial charge in [-0.3, -0.25) is 19.2 Å². The molecule has 1 aliphatic heterocycles. The van der Waals surface area contributed by atoms with E-state index in [2.05, 4.69) is 15.3 Å². The van der Waals surface area contributed by atoms with Crippen LogP contribution in [0.2, 0.25) is 0 Å². The van der Waals surface area contributed by atoms with Crippen LogP contribution in [0.3, 0.4) is 0 Å². The first-order valence-electron chi connectivity index (χ1n) is 9.77. The van der Waals surface area contributed by atoms with Crippen LogP contribution >= 0.6 is 0 Å². The van der Waals surface area contributed by atoms with E-state index in [1.807, 2.05) is 18.2 Å². The van der Waals surface area contributed by atoms with Crippen LogP contribution in [-0.2, 0) is 35.1 Å². The molecular weight excluding hydrogens is 422 g/mol. The predicted octanol–water partition coefficient (Wildman–Crippen LogP) is -1.09. The van der Waals surface area contributed by atoms with Crippen molar-refractivity contribution in [2.24, 2.45) is 0 Å². The summed E-state index contributed by atoms with van der Waals surface area (Å²) in [5.74, 6) is -3.84. The molecule has 0 bridgehead atoms. The van der Waals surface area contributed by atoms with Gasteiger partial charge in [0.2, 0.25) is 17.4 Å². The lowest BCUT2D eigenvalue weighted by Gasteiger charge is -2.45. The molecule has 1 aromatic heterocycles. The molecule has 32 heavy (non-hydrogen) atoms. The molecule has 3 rings (SSSR count). The van der Waals surface area contributed by atoms with Crippen molar-refractivity contribution in [1.29, 1.82) is 0 Å². The summed E-state index contributed by atoms with van der Waals surface area (Å²) in [5, 5.41) is 11.5. The first-order valence-corrected chi connectivity index (χ1v) is 9.77. The van der Waals surface area contributed by atoms with Crippen molar-refractivity contribution in [3.63, 3.8) is 0 Å². The average Bonchev–Trinajstić information content (AvgIpc) is 3.16. The fourth-order valence-electron chi connectivity index (χ4n) is 3.63. The van der Waals surface area contributed by atoms with Crippen LogP contribution in [0, 0.1) is 0 Å². The molecule has 0 spiro atoms. The van der Waals surface area contributed by atoms with Gasteiger partial charge in [-0.15, -0.1) is 0 Å². The van der Waals surface area contributed by atoms with E-state index in [1.165, 1.54) is 6.92 Å². The number of aliphatic carboxylic acids is 1. The Hall–Kier alpha value is -3.96. The summed E-state index contributed by atoms with van der Waals surface area (Å²) in [6.07, 6.45) is -0.0957. The molecule has 0 aliphatic carbocycles. The molecule has 0 radical (unpaired) electrons. The number of imidazole rings is 1. The number of methoxy groups -OCH3 is 1. The molecule has 2 heterocycles. The quantitative estimate of drug-likeness (QED) is 0.358. The number of amides is 3. The highest BCUT2D eigenvalue weighted by Crippen LogP contribution is 2.25. The number of aromatic nitrogens is 2. The van der Waals surface area contributed by atoms with E-state index in [9.17, 15) is 24.0 Å². The van der Waals surface area contributed by atoms with E-state index in [1.54, 1.807) is 6.07 Å². The molecule has 3 amide bonds. The SMILES string of the molecule is COC(=O)C1(C)C(=O)N(CC(=O)O)CCN1C(=O)CNC(=O)Cc1nc2ccccc2[nH]1. The molecule has 12 heteroatoms. The fraction of sp³-hybridized carbons (Fsp3) is 0.400. The van der Waals surface area contributed by atoms with E-state index in [0.717, 1.165) is 22.4 Å². The lowest BCUT2D eigenvalue weighted by atomic mass is 9.94. The third kappa shape index (κ3) is 4.38. The summed E-state index contributed by atoms with van der Waals surface area (Å²) >= 11 is 0. The number of H-pyrrole nitrogens is 1. The van der Waals surface area contributed by atoms with Crippen molar-refractivity contribution >= 4 is 40.7 Å². The Morgan fingerprint density at radius 2 is 1.97 bits per heavy atom. The number of nitrogens with zero attached hydrogens (tertiary/aromatic N) is 3. The number of carboxylic acids is 1. The van der Waals surface area contributed by atoms with Gasteiger partial charge in [0.15, 0.2) is 0 Å². The van der Waals surface area contributed by atoms with Gasteiger partial charge in [0, 0.05) is 13.1 Å². The molecule has 170 valence electrons. The van der Waals surface area contributed by atoms with Crippen molar-refractivity contribution in [2.45, 2.75) is 18.9 Å². The maximum absolute atomic E-state index is 12.8. The molecule has 12 nitrogen and oxygen atoms in total. The molecule has 2 aromatic rings. The number of esters is 1. The maximum Gasteiger partial charge on any atom is 0.341 e. The van der Waals surface area contributed by atoms with E-state index in [0.29, 0.717) is 11.3 Å². The van der Waals surface area contributed by atoms with Gasteiger partial charge in [-0.1, -0.05) is 12.1 Å². The number of hydrogen-bond donors (Lipinski definition) is 3. The molecule has 1 fully saturated rings. The van der Waals surface area contributed by atoms with E-state index >= 15 is 0 Å². The number of carboxylic acid groups (broad SMARTS) is 1. The zero-order valence-electron chi connectivity index (χ0n) is 17.6. The molecule has 0 saturated carbocycles. The largest absolute Gasteiger partial charge is 0.480 e. The maximum atomic E-state index is 12.8. The Bertz CT molecular complexity index is 1050. The van der Waals surface area contributed by atoms with Crippen LogP contribution in [-0.4, -0.2) is 93.4 Å². The number of nitrogens with one attached hydrogen (secondary N) is 2. The predicted molar refractivity (Wildman–Crippen MR) is 109 cm³/mol. The zero-order valence-corrected chi connectivity index (χ0v) is 17.6. The molecule has 1 atom stereocenters. The highest BCUT2D eigenvalue weighted by atomic mass is 16.5. The molecule has 1 unspecified atom stereocenters. The molecule has 1 aliphatic rings. The number of para-hydroxylation sites is 2. The minimum Gasteiger partial charge on any atom is -0.480 e. The summed E-state index contributed by atoms with van der Waals surface area (Å²) in [7, 11) is 1.06. The molecular formula is C20H23N5O7. The smallest absolute Gasteiger partial charge is 0.341 e. The van der Waals surface area contributed by atoms with Crippen LogP contribution in [0.4, 0.5) is 0 Å². The standard InChI is InChI=1S/C20H23N5O7/c1-20(19(31)32-2)18(30)24(11-17(28)29)7-8-25(20)16(27)10-21-15(26)9-14-22-12-5-3-4-6-13(12)23-14/h3-6H,7-11H2,1-2H3,(H,21,26)(H,22,23)(H,28,29). The second-order valence-corrected chi connectivity index (χ2v) is 7.38. The Kier molecular flexibility index (Phi) is 6.42. The monoisotopic (exact) mass is 445 g/mol. The topological polar surface area (TPSA) is 162 Å². The Labute approximate surface area is 182 Å². The van der Waals surface area contributed by atoms with Gasteiger partial charge in [-0.25, -0.2) is 9.78 Å². The van der Waals surface area contributed by atoms with Gasteiger partial charge >= 0.3 is 11.9 Å². The van der Waals surface area contributed by atoms with Crippen LogP contribution < -0.4 is 5.32 Å². The summed E-state index contributed by atoms with van der Waals surface area (Å²) in [5.41, 5.74) is -0.556. The van der Waals surface area contributed by atoms with Gasteiger partial charge in [0.05, 0.1) is 31.1 Å². The first kappa shape index (κ1) is 22.7. The van der Waals surface area contributed by atoms with Crippen molar-refractivity contribution in [3.8, 4) is 0 Å². The second kappa shape index (κ2) is 9.04. The average molecular weight is 445 g/mol. The van der Waals surface area contributed by atoms with Crippen molar-refractivity contribution < 1.29 is 33.8 Å². The first-order chi connectivity index (χ1) is 15.2. The summed E-state index contributed by atoms with van der Waals surface area (Å²) in [6.45, 7) is -0.0396. The Morgan fingerprint density at radius 3 is 2.62 bits per heavy atom. The van der Waals surface area contributed by atoms with Gasteiger partial charge in [-0.2, -0.15) is 0 Å². The normalized spacial score (nSPS) is 18.5. The third-order valence-electron chi connectivity index (χ3n) is 5.25. The molecule has 1 saturated heterocycles. The molecule has 1 aromatic carbocycles. The molecule has 3 N–H and O–H groups in total. The second-order valence-electron chi connectivity index (χ2n) is 7.38. The fourth-order valence-corrected chi connectivity index (χ4v) is 3.63. The minimum atomic E-state index is -2.04. The Balaban J connectivity index is 1.66. The zero-order chi connectivity index (χ0) is 23.5. The number of carbonyl (C=O) groups excluding carboxylic acids is 4. The highest BCUT2D eigenvalue weighted by molar-refractivity contribution is 6.11. The third-order valence-corrected chi connectivity index (χ3v) is 5.25. The van der Waals surface area contributed by atoms with Gasteiger partial charge < -0.3 is 29.9 Å². The highest BCUT2D eigenvalue weighted by Gasteiger charge is 2.54. The lowest BCUT2D eigenvalue weighted by molar-refractivity contribution is -0.176. The number of fused-ring (bicyclic) bond motifs is 1. The van der Waals surface area contributed by atoms with Crippen molar-refractivity contribution in [1.82, 2.24) is 25.1 Å². The van der Waals surface area contributed by atoms with Crippen LogP contribution in [0.15, 0.2) is 24.3 Å². The number of carbonyl (C=O) groups is 5. The van der Waals surface area contributed by atoms with Crippen LogP contribution in [0.1, 0.15) is 12.7 Å². The van der Waals surface area contributed by atoms with E-state index < -0.39 is 48.3 Å². The number of piperazine rings is 1. The number of aromatic amines is 1. The summed E-state index contributed by atoms with van der Waals surface area (Å²) in [6, 6.07) is 7.27. The van der Waals surface area contributed by atoms with Crippen molar-refractivity contribution in [3.05, 3.63) is 30.1 Å². The van der Waals surface area contributed by atoms with E-state index in [4.69, 9.17) is 9.84 Å². The number of hydrogen-bond acceptors (Lipinski definition) is 7. The van der Waals surface area contributed by atoms with E-state index in [-0.39, 0.29) is 19.5 Å². The minimum absolute atomic E-state index is 0.0730. The number of ether oxygens (including phenoxy) is 1.